The smallest absolute Gasteiger partial charge is 0.201 e. The van der Waals surface area contributed by atoms with Crippen LogP contribution in [0.25, 0.3) is 40.5 Å². The first-order chi connectivity index (χ1) is 17.4. The third-order valence-electron chi connectivity index (χ3n) is 5.72. The summed E-state index contributed by atoms with van der Waals surface area (Å²) < 4.78 is 63.3. The normalized spacial score (nSPS) is 11.5. The van der Waals surface area contributed by atoms with E-state index in [-0.39, 0.29) is 29.0 Å². The van der Waals surface area contributed by atoms with Crippen LogP contribution in [0.1, 0.15) is 30.5 Å². The van der Waals surface area contributed by atoms with Gasteiger partial charge >= 0.3 is 0 Å². The Hall–Kier alpha value is -4.12. The number of ether oxygens (including phenoxy) is 1. The Morgan fingerprint density at radius 2 is 1.11 bits per heavy atom. The predicted octanol–water partition coefficient (Wildman–Crippen LogP) is 9.18. The highest BCUT2D eigenvalue weighted by Gasteiger charge is 2.16. The highest BCUT2D eigenvalue weighted by atomic mass is 19.2. The lowest BCUT2D eigenvalue weighted by Crippen LogP contribution is -1.98. The van der Waals surface area contributed by atoms with Crippen LogP contribution in [-0.4, -0.2) is 6.61 Å². The first-order valence-electron chi connectivity index (χ1n) is 11.5. The van der Waals surface area contributed by atoms with Crippen molar-refractivity contribution >= 4 is 18.2 Å². The Kier molecular flexibility index (Phi) is 7.69. The van der Waals surface area contributed by atoms with Gasteiger partial charge in [-0.15, -0.1) is 0 Å². The Balaban J connectivity index is 1.55. The summed E-state index contributed by atoms with van der Waals surface area (Å²) in [6.07, 6.45) is 6.89. The molecule has 4 aromatic carbocycles. The van der Waals surface area contributed by atoms with E-state index in [0.29, 0.717) is 16.7 Å². The van der Waals surface area contributed by atoms with Crippen LogP contribution in [-0.2, 0) is 0 Å². The highest BCUT2D eigenvalue weighted by Crippen LogP contribution is 2.32. The molecular weight excluding hydrogens is 464 g/mol. The lowest BCUT2D eigenvalue weighted by Gasteiger charge is -2.10. The Morgan fingerprint density at radius 1 is 0.583 bits per heavy atom. The molecule has 0 unspecified atom stereocenters. The second kappa shape index (κ2) is 11.1. The summed E-state index contributed by atoms with van der Waals surface area (Å²) in [6, 6.07) is 19.8. The van der Waals surface area contributed by atoms with Crippen molar-refractivity contribution in [3.05, 3.63) is 119 Å². The first kappa shape index (κ1) is 25.0. The summed E-state index contributed by atoms with van der Waals surface area (Å²) in [6.45, 7) is 3.83. The summed E-state index contributed by atoms with van der Waals surface area (Å²) >= 11 is 0. The maximum Gasteiger partial charge on any atom is 0.201 e. The van der Waals surface area contributed by atoms with Crippen molar-refractivity contribution in [1.82, 2.24) is 0 Å². The standard InChI is InChI=1S/C31H24F4O/c1-3-5-20-6-11-22(12-7-20)25-17-18-26(30(34)29(25)33)23-13-8-21(9-14-23)10-15-24-16-19-27(36-4-2)31(35)28(24)32/h3,5-19H,4H2,1-2H3. The molecule has 0 N–H and O–H groups in total. The molecule has 0 amide bonds. The van der Waals surface area contributed by atoms with Crippen molar-refractivity contribution in [1.29, 1.82) is 0 Å². The molecule has 4 aromatic rings. The molecule has 0 aliphatic heterocycles. The summed E-state index contributed by atoms with van der Waals surface area (Å²) in [4.78, 5) is 0. The van der Waals surface area contributed by atoms with Gasteiger partial charge in [0.2, 0.25) is 5.82 Å². The molecule has 0 aliphatic carbocycles. The van der Waals surface area contributed by atoms with E-state index in [0.717, 1.165) is 5.56 Å². The molecule has 36 heavy (non-hydrogen) atoms. The van der Waals surface area contributed by atoms with Crippen LogP contribution in [0.4, 0.5) is 17.6 Å². The van der Waals surface area contributed by atoms with E-state index in [2.05, 4.69) is 0 Å². The summed E-state index contributed by atoms with van der Waals surface area (Å²) in [7, 11) is 0. The molecule has 182 valence electrons. The Labute approximate surface area is 208 Å². The molecule has 0 saturated carbocycles. The molecule has 0 aliphatic rings. The second-order valence-electron chi connectivity index (χ2n) is 8.08. The van der Waals surface area contributed by atoms with Gasteiger partial charge in [-0.25, -0.2) is 13.2 Å². The Morgan fingerprint density at radius 3 is 1.61 bits per heavy atom. The fraction of sp³-hybridized carbons (Fsp3) is 0.0968. The van der Waals surface area contributed by atoms with Gasteiger partial charge in [0.25, 0.3) is 0 Å². The topological polar surface area (TPSA) is 9.23 Å². The van der Waals surface area contributed by atoms with E-state index in [1.807, 2.05) is 31.2 Å². The molecule has 0 atom stereocenters. The van der Waals surface area contributed by atoms with E-state index in [9.17, 15) is 17.6 Å². The minimum atomic E-state index is -1.04. The average molecular weight is 489 g/mol. The monoisotopic (exact) mass is 488 g/mol. The summed E-state index contributed by atoms with van der Waals surface area (Å²) in [5.41, 5.74) is 3.14. The minimum Gasteiger partial charge on any atom is -0.491 e. The molecule has 0 fully saturated rings. The average Bonchev–Trinajstić information content (AvgIpc) is 2.89. The third-order valence-corrected chi connectivity index (χ3v) is 5.72. The van der Waals surface area contributed by atoms with Crippen molar-refractivity contribution in [2.24, 2.45) is 0 Å². The van der Waals surface area contributed by atoms with Crippen LogP contribution < -0.4 is 4.74 Å². The summed E-state index contributed by atoms with van der Waals surface area (Å²) in [5.74, 6) is -4.02. The van der Waals surface area contributed by atoms with Gasteiger partial charge in [-0.1, -0.05) is 85.0 Å². The van der Waals surface area contributed by atoms with Crippen LogP contribution in [0.2, 0.25) is 0 Å². The largest absolute Gasteiger partial charge is 0.491 e. The zero-order chi connectivity index (χ0) is 25.7. The predicted molar refractivity (Wildman–Crippen MR) is 138 cm³/mol. The fourth-order valence-corrected chi connectivity index (χ4v) is 3.86. The van der Waals surface area contributed by atoms with Gasteiger partial charge in [0, 0.05) is 16.7 Å². The number of halogens is 4. The minimum absolute atomic E-state index is 0.0717. The van der Waals surface area contributed by atoms with Crippen LogP contribution in [0.5, 0.6) is 5.75 Å². The van der Waals surface area contributed by atoms with Gasteiger partial charge in [-0.05, 0) is 48.2 Å². The second-order valence-corrected chi connectivity index (χ2v) is 8.08. The quantitative estimate of drug-likeness (QED) is 0.186. The van der Waals surface area contributed by atoms with Crippen molar-refractivity contribution in [2.45, 2.75) is 13.8 Å². The van der Waals surface area contributed by atoms with E-state index >= 15 is 0 Å². The third kappa shape index (κ3) is 5.25. The van der Waals surface area contributed by atoms with E-state index in [1.54, 1.807) is 61.5 Å². The maximum absolute atomic E-state index is 15.0. The first-order valence-corrected chi connectivity index (χ1v) is 11.5. The van der Waals surface area contributed by atoms with Gasteiger partial charge in [0.05, 0.1) is 6.61 Å². The SMILES string of the molecule is CC=Cc1ccc(-c2ccc(-c3ccc(C=Cc4ccc(OCC)c(F)c4F)cc3)c(F)c2F)cc1. The molecule has 0 radical (unpaired) electrons. The molecule has 1 nitrogen and oxygen atoms in total. The molecule has 0 saturated heterocycles. The lowest BCUT2D eigenvalue weighted by molar-refractivity contribution is 0.314. The van der Waals surface area contributed by atoms with Gasteiger partial charge < -0.3 is 4.74 Å². The molecular formula is C31H24F4O. The van der Waals surface area contributed by atoms with Crippen LogP contribution in [0.3, 0.4) is 0 Å². The van der Waals surface area contributed by atoms with Crippen molar-refractivity contribution in [3.63, 3.8) is 0 Å². The fourth-order valence-electron chi connectivity index (χ4n) is 3.86. The molecule has 0 bridgehead atoms. The maximum atomic E-state index is 15.0. The van der Waals surface area contributed by atoms with Gasteiger partial charge in [0.1, 0.15) is 0 Å². The van der Waals surface area contributed by atoms with Gasteiger partial charge in [0.15, 0.2) is 23.2 Å². The van der Waals surface area contributed by atoms with E-state index in [1.165, 1.54) is 18.2 Å². The van der Waals surface area contributed by atoms with Crippen molar-refractivity contribution < 1.29 is 22.3 Å². The number of hydrogen-bond donors (Lipinski definition) is 0. The Bertz CT molecular complexity index is 1420. The van der Waals surface area contributed by atoms with Crippen LogP contribution >= 0.6 is 0 Å². The molecule has 0 heterocycles. The molecule has 0 spiro atoms. The zero-order valence-corrected chi connectivity index (χ0v) is 19.9. The lowest BCUT2D eigenvalue weighted by atomic mass is 9.97. The van der Waals surface area contributed by atoms with Crippen LogP contribution in [0.15, 0.2) is 78.9 Å². The van der Waals surface area contributed by atoms with Gasteiger partial charge in [-0.3, -0.25) is 0 Å². The van der Waals surface area contributed by atoms with E-state index < -0.39 is 23.3 Å². The van der Waals surface area contributed by atoms with Gasteiger partial charge in [-0.2, -0.15) is 4.39 Å². The molecule has 0 aromatic heterocycles. The molecule has 4 rings (SSSR count). The highest BCUT2D eigenvalue weighted by molar-refractivity contribution is 5.75. The number of hydrogen-bond acceptors (Lipinski definition) is 1. The number of benzene rings is 4. The number of rotatable bonds is 7. The van der Waals surface area contributed by atoms with Crippen molar-refractivity contribution in [2.75, 3.05) is 6.61 Å². The zero-order valence-electron chi connectivity index (χ0n) is 19.9. The summed E-state index contributed by atoms with van der Waals surface area (Å²) in [5, 5.41) is 0. The van der Waals surface area contributed by atoms with Crippen molar-refractivity contribution in [3.8, 4) is 28.0 Å². The van der Waals surface area contributed by atoms with Crippen LogP contribution in [0, 0.1) is 23.3 Å². The molecule has 5 heteroatoms. The van der Waals surface area contributed by atoms with E-state index in [4.69, 9.17) is 4.74 Å². The number of allylic oxidation sites excluding steroid dienone is 1.